The molecule has 0 fully saturated rings. The number of hydrogen-bond acceptors (Lipinski definition) is 2. The zero-order valence-electron chi connectivity index (χ0n) is 6.39. The summed E-state index contributed by atoms with van der Waals surface area (Å²) in [7, 11) is 0. The summed E-state index contributed by atoms with van der Waals surface area (Å²) in [6, 6.07) is 0. The van der Waals surface area contributed by atoms with Crippen LogP contribution in [-0.2, 0) is 6.42 Å². The Balaban J connectivity index is 3.14. The maximum Gasteiger partial charge on any atom is 0.0533 e. The Kier molecular flexibility index (Phi) is 1.90. The van der Waals surface area contributed by atoms with Crippen LogP contribution in [0, 0.1) is 6.92 Å². The molecule has 1 aromatic heterocycles. The van der Waals surface area contributed by atoms with Crippen molar-refractivity contribution in [1.29, 1.82) is 0 Å². The van der Waals surface area contributed by atoms with Gasteiger partial charge in [0.1, 0.15) is 0 Å². The van der Waals surface area contributed by atoms with Crippen molar-refractivity contribution >= 4 is 5.69 Å². The van der Waals surface area contributed by atoms with Gasteiger partial charge in [0.2, 0.25) is 0 Å². The van der Waals surface area contributed by atoms with E-state index in [-0.39, 0.29) is 0 Å². The molecule has 0 aliphatic carbocycles. The molecule has 0 bridgehead atoms. The van der Waals surface area contributed by atoms with Crippen LogP contribution in [0.2, 0.25) is 0 Å². The van der Waals surface area contributed by atoms with Crippen LogP contribution in [-0.4, -0.2) is 4.98 Å². The molecule has 0 atom stereocenters. The van der Waals surface area contributed by atoms with Crippen molar-refractivity contribution in [2.45, 2.75) is 20.3 Å². The third kappa shape index (κ3) is 1.10. The summed E-state index contributed by atoms with van der Waals surface area (Å²) in [6.07, 6.45) is 4.56. The lowest BCUT2D eigenvalue weighted by Crippen LogP contribution is -1.95. The molecule has 0 aromatic carbocycles. The van der Waals surface area contributed by atoms with E-state index < -0.39 is 0 Å². The Bertz CT molecular complexity index is 231. The molecule has 1 rings (SSSR count). The second-order valence-electron chi connectivity index (χ2n) is 2.37. The van der Waals surface area contributed by atoms with Crippen LogP contribution in [0.1, 0.15) is 18.1 Å². The molecule has 0 spiro atoms. The SMILES string of the molecule is CCc1cncc(N)c1C. The number of anilines is 1. The van der Waals surface area contributed by atoms with Gasteiger partial charge < -0.3 is 5.73 Å². The molecule has 1 heterocycles. The predicted molar refractivity (Wildman–Crippen MR) is 42.8 cm³/mol. The Hall–Kier alpha value is -1.05. The van der Waals surface area contributed by atoms with Crippen molar-refractivity contribution in [3.8, 4) is 0 Å². The summed E-state index contributed by atoms with van der Waals surface area (Å²) in [4.78, 5) is 3.99. The Morgan fingerprint density at radius 1 is 1.50 bits per heavy atom. The lowest BCUT2D eigenvalue weighted by Gasteiger charge is -2.03. The molecule has 2 heteroatoms. The Morgan fingerprint density at radius 3 is 2.70 bits per heavy atom. The third-order valence-electron chi connectivity index (χ3n) is 1.74. The predicted octanol–water partition coefficient (Wildman–Crippen LogP) is 1.53. The van der Waals surface area contributed by atoms with Crippen LogP contribution in [0.15, 0.2) is 12.4 Å². The third-order valence-corrected chi connectivity index (χ3v) is 1.74. The van der Waals surface area contributed by atoms with Gasteiger partial charge in [0.15, 0.2) is 0 Å². The van der Waals surface area contributed by atoms with E-state index >= 15 is 0 Å². The largest absolute Gasteiger partial charge is 0.397 e. The first kappa shape index (κ1) is 7.06. The highest BCUT2D eigenvalue weighted by Gasteiger charge is 1.97. The van der Waals surface area contributed by atoms with E-state index in [2.05, 4.69) is 11.9 Å². The molecular formula is C8H12N2. The van der Waals surface area contributed by atoms with Crippen LogP contribution in [0.4, 0.5) is 5.69 Å². The van der Waals surface area contributed by atoms with Crippen LogP contribution in [0.25, 0.3) is 0 Å². The van der Waals surface area contributed by atoms with Gasteiger partial charge >= 0.3 is 0 Å². The number of hydrogen-bond donors (Lipinski definition) is 1. The normalized spacial score (nSPS) is 9.80. The van der Waals surface area contributed by atoms with Crippen LogP contribution < -0.4 is 5.73 Å². The van der Waals surface area contributed by atoms with Crippen LogP contribution >= 0.6 is 0 Å². The van der Waals surface area contributed by atoms with Gasteiger partial charge in [0, 0.05) is 6.20 Å². The topological polar surface area (TPSA) is 38.9 Å². The Labute approximate surface area is 61.1 Å². The van der Waals surface area contributed by atoms with Gasteiger partial charge in [-0.3, -0.25) is 4.98 Å². The fourth-order valence-corrected chi connectivity index (χ4v) is 0.943. The van der Waals surface area contributed by atoms with Crippen molar-refractivity contribution in [2.75, 3.05) is 5.73 Å². The summed E-state index contributed by atoms with van der Waals surface area (Å²) in [5.74, 6) is 0. The molecule has 54 valence electrons. The number of aromatic nitrogens is 1. The van der Waals surface area contributed by atoms with Gasteiger partial charge in [-0.15, -0.1) is 0 Å². The number of pyridine rings is 1. The maximum atomic E-state index is 5.63. The molecule has 2 nitrogen and oxygen atoms in total. The van der Waals surface area contributed by atoms with Crippen molar-refractivity contribution in [3.05, 3.63) is 23.5 Å². The van der Waals surface area contributed by atoms with E-state index in [1.165, 1.54) is 5.56 Å². The van der Waals surface area contributed by atoms with E-state index in [9.17, 15) is 0 Å². The molecule has 0 aliphatic heterocycles. The minimum atomic E-state index is 0.791. The second kappa shape index (κ2) is 2.69. The number of nitrogen functional groups attached to an aromatic ring is 1. The zero-order chi connectivity index (χ0) is 7.56. The van der Waals surface area contributed by atoms with E-state index in [1.807, 2.05) is 13.1 Å². The van der Waals surface area contributed by atoms with E-state index in [0.717, 1.165) is 17.7 Å². The molecule has 0 unspecified atom stereocenters. The van der Waals surface area contributed by atoms with Crippen molar-refractivity contribution in [3.63, 3.8) is 0 Å². The summed E-state index contributed by atoms with van der Waals surface area (Å²) < 4.78 is 0. The first-order valence-electron chi connectivity index (χ1n) is 3.44. The highest BCUT2D eigenvalue weighted by atomic mass is 14.7. The van der Waals surface area contributed by atoms with Gasteiger partial charge in [-0.1, -0.05) is 6.92 Å². The number of nitrogens with two attached hydrogens (primary N) is 1. The van der Waals surface area contributed by atoms with Crippen molar-refractivity contribution in [1.82, 2.24) is 4.98 Å². The smallest absolute Gasteiger partial charge is 0.0533 e. The number of rotatable bonds is 1. The first-order valence-corrected chi connectivity index (χ1v) is 3.44. The van der Waals surface area contributed by atoms with Gasteiger partial charge in [0.25, 0.3) is 0 Å². The molecule has 0 radical (unpaired) electrons. The molecule has 0 saturated carbocycles. The van der Waals surface area contributed by atoms with Gasteiger partial charge in [-0.25, -0.2) is 0 Å². The lowest BCUT2D eigenvalue weighted by atomic mass is 10.1. The molecular weight excluding hydrogens is 124 g/mol. The molecule has 10 heavy (non-hydrogen) atoms. The number of nitrogens with zero attached hydrogens (tertiary/aromatic N) is 1. The van der Waals surface area contributed by atoms with Crippen molar-refractivity contribution in [2.24, 2.45) is 0 Å². The molecule has 0 amide bonds. The average molecular weight is 136 g/mol. The summed E-state index contributed by atoms with van der Waals surface area (Å²) >= 11 is 0. The highest BCUT2D eigenvalue weighted by Crippen LogP contribution is 2.13. The molecule has 0 aliphatic rings. The molecule has 0 saturated heterocycles. The highest BCUT2D eigenvalue weighted by molar-refractivity contribution is 5.47. The quantitative estimate of drug-likeness (QED) is 0.636. The first-order chi connectivity index (χ1) is 4.75. The van der Waals surface area contributed by atoms with Crippen LogP contribution in [0.3, 0.4) is 0 Å². The van der Waals surface area contributed by atoms with E-state index in [0.29, 0.717) is 0 Å². The Morgan fingerprint density at radius 2 is 2.20 bits per heavy atom. The average Bonchev–Trinajstić information content (AvgIpc) is 1.95. The van der Waals surface area contributed by atoms with Crippen molar-refractivity contribution < 1.29 is 0 Å². The second-order valence-corrected chi connectivity index (χ2v) is 2.37. The molecule has 1 aromatic rings. The van der Waals surface area contributed by atoms with Gasteiger partial charge in [0.05, 0.1) is 11.9 Å². The standard InChI is InChI=1S/C8H12N2/c1-3-7-4-10-5-8(9)6(7)2/h4-5H,3,9H2,1-2H3. The molecule has 2 N–H and O–H groups in total. The number of aryl methyl sites for hydroxylation is 1. The lowest BCUT2D eigenvalue weighted by molar-refractivity contribution is 1.08. The van der Waals surface area contributed by atoms with Gasteiger partial charge in [-0.2, -0.15) is 0 Å². The fourth-order valence-electron chi connectivity index (χ4n) is 0.943. The van der Waals surface area contributed by atoms with E-state index in [1.54, 1.807) is 6.20 Å². The monoisotopic (exact) mass is 136 g/mol. The maximum absolute atomic E-state index is 5.63. The zero-order valence-corrected chi connectivity index (χ0v) is 6.39. The summed E-state index contributed by atoms with van der Waals surface area (Å²) in [5.41, 5.74) is 8.83. The minimum Gasteiger partial charge on any atom is -0.397 e. The fraction of sp³-hybridized carbons (Fsp3) is 0.375. The van der Waals surface area contributed by atoms with Gasteiger partial charge in [-0.05, 0) is 24.5 Å². The summed E-state index contributed by atoms with van der Waals surface area (Å²) in [5, 5.41) is 0. The summed E-state index contributed by atoms with van der Waals surface area (Å²) in [6.45, 7) is 4.12. The minimum absolute atomic E-state index is 0.791. The van der Waals surface area contributed by atoms with Crippen LogP contribution in [0.5, 0.6) is 0 Å². The van der Waals surface area contributed by atoms with E-state index in [4.69, 9.17) is 5.73 Å².